The molecule has 1 heterocycles. The summed E-state index contributed by atoms with van der Waals surface area (Å²) in [5.74, 6) is -0.348. The van der Waals surface area contributed by atoms with Crippen LogP contribution >= 0.6 is 21.9 Å². The summed E-state index contributed by atoms with van der Waals surface area (Å²) < 4.78 is 5.03. The predicted octanol–water partition coefficient (Wildman–Crippen LogP) is 3.59. The lowest BCUT2D eigenvalue weighted by molar-refractivity contribution is 0.0771. The van der Waals surface area contributed by atoms with Crippen LogP contribution in [0.5, 0.6) is 0 Å². The molecule has 0 aliphatic carbocycles. The van der Waals surface area contributed by atoms with Gasteiger partial charge in [-0.1, -0.05) is 24.3 Å². The number of nitrogens with zero attached hydrogens (tertiary/aromatic N) is 1. The number of hydrogen-bond donors (Lipinski definition) is 0. The minimum Gasteiger partial charge on any atom is -0.375 e. The molecule has 0 saturated heterocycles. The van der Waals surface area contributed by atoms with Gasteiger partial charge >= 0.3 is 5.97 Å². The number of rotatable bonds is 4. The van der Waals surface area contributed by atoms with Crippen molar-refractivity contribution < 1.29 is 8.98 Å². The Hall–Kier alpha value is -1.46. The third-order valence-corrected chi connectivity index (χ3v) is 3.50. The lowest BCUT2D eigenvalue weighted by atomic mass is 10.2. The van der Waals surface area contributed by atoms with Crippen LogP contribution < -0.4 is 0 Å². The second kappa shape index (κ2) is 6.32. The maximum absolute atomic E-state index is 11.6. The standard InChI is InChI=1S/C12H9NO2S2/c14-12(10-6-2-1-3-7-10)15-17-16-11-8-4-5-9-13-11/h1-9H. The van der Waals surface area contributed by atoms with E-state index in [1.54, 1.807) is 30.5 Å². The molecular weight excluding hydrogens is 254 g/mol. The summed E-state index contributed by atoms with van der Waals surface area (Å²) in [5.41, 5.74) is 0.543. The van der Waals surface area contributed by atoms with Crippen LogP contribution in [-0.2, 0) is 4.18 Å². The molecule has 1 aromatic carbocycles. The highest BCUT2D eigenvalue weighted by molar-refractivity contribution is 8.75. The van der Waals surface area contributed by atoms with E-state index in [9.17, 15) is 4.79 Å². The summed E-state index contributed by atoms with van der Waals surface area (Å²) in [6.07, 6.45) is 1.70. The molecule has 0 saturated carbocycles. The molecule has 17 heavy (non-hydrogen) atoms. The predicted molar refractivity (Wildman–Crippen MR) is 69.5 cm³/mol. The zero-order valence-electron chi connectivity index (χ0n) is 8.78. The number of carbonyl (C=O) groups is 1. The summed E-state index contributed by atoms with van der Waals surface area (Å²) in [6, 6.07) is 14.5. The molecule has 2 rings (SSSR count). The minimum atomic E-state index is -0.348. The highest BCUT2D eigenvalue weighted by Gasteiger charge is 2.07. The molecule has 3 nitrogen and oxygen atoms in total. The fourth-order valence-electron chi connectivity index (χ4n) is 1.10. The van der Waals surface area contributed by atoms with Crippen LogP contribution in [0.2, 0.25) is 0 Å². The van der Waals surface area contributed by atoms with Crippen LogP contribution in [0, 0.1) is 0 Å². The maximum atomic E-state index is 11.6. The average Bonchev–Trinajstić information content (AvgIpc) is 2.41. The van der Waals surface area contributed by atoms with Gasteiger partial charge < -0.3 is 4.18 Å². The molecule has 5 heteroatoms. The Morgan fingerprint density at radius 2 is 1.82 bits per heavy atom. The van der Waals surface area contributed by atoms with Gasteiger partial charge in [0.2, 0.25) is 0 Å². The van der Waals surface area contributed by atoms with Gasteiger partial charge in [0, 0.05) is 17.0 Å². The Morgan fingerprint density at radius 1 is 1.06 bits per heavy atom. The number of aromatic nitrogens is 1. The Balaban J connectivity index is 1.82. The summed E-state index contributed by atoms with van der Waals surface area (Å²) in [4.78, 5) is 15.7. The molecular formula is C12H9NO2S2. The first-order valence-corrected chi connectivity index (χ1v) is 6.95. The Labute approximate surface area is 107 Å². The SMILES string of the molecule is O=C(OSSc1ccccn1)c1ccccc1. The lowest BCUT2D eigenvalue weighted by Gasteiger charge is -2.01. The van der Waals surface area contributed by atoms with Crippen LogP contribution in [0.25, 0.3) is 0 Å². The molecule has 2 aromatic rings. The first-order chi connectivity index (χ1) is 8.36. The van der Waals surface area contributed by atoms with E-state index in [0.29, 0.717) is 5.56 Å². The van der Waals surface area contributed by atoms with E-state index in [1.807, 2.05) is 24.3 Å². The van der Waals surface area contributed by atoms with Gasteiger partial charge in [0.25, 0.3) is 0 Å². The molecule has 0 aliphatic heterocycles. The van der Waals surface area contributed by atoms with Crippen molar-refractivity contribution in [1.29, 1.82) is 0 Å². The van der Waals surface area contributed by atoms with E-state index in [1.165, 1.54) is 10.8 Å². The fraction of sp³-hybridized carbons (Fsp3) is 0. The minimum absolute atomic E-state index is 0.348. The first-order valence-electron chi connectivity index (χ1n) is 4.88. The summed E-state index contributed by atoms with van der Waals surface area (Å²) in [6.45, 7) is 0. The second-order valence-corrected chi connectivity index (χ2v) is 4.85. The molecule has 0 unspecified atom stereocenters. The van der Waals surface area contributed by atoms with Gasteiger partial charge in [0.15, 0.2) is 0 Å². The van der Waals surface area contributed by atoms with Crippen molar-refractivity contribution in [3.63, 3.8) is 0 Å². The molecule has 0 aliphatic rings. The molecule has 0 N–H and O–H groups in total. The van der Waals surface area contributed by atoms with Gasteiger partial charge in [-0.15, -0.1) is 0 Å². The third-order valence-electron chi connectivity index (χ3n) is 1.88. The van der Waals surface area contributed by atoms with Crippen molar-refractivity contribution >= 4 is 27.8 Å². The molecule has 1 aromatic heterocycles. The van der Waals surface area contributed by atoms with Crippen LogP contribution in [0.15, 0.2) is 59.8 Å². The fourth-order valence-corrected chi connectivity index (χ4v) is 2.39. The van der Waals surface area contributed by atoms with E-state index < -0.39 is 0 Å². The Kier molecular flexibility index (Phi) is 4.46. The molecule has 0 fully saturated rings. The first kappa shape index (κ1) is 12.0. The Bertz CT molecular complexity index is 476. The highest BCUT2D eigenvalue weighted by atomic mass is 33.1. The molecule has 0 bridgehead atoms. The molecule has 0 amide bonds. The summed E-state index contributed by atoms with van der Waals surface area (Å²) in [7, 11) is 1.31. The van der Waals surface area contributed by atoms with Crippen LogP contribution in [-0.4, -0.2) is 11.0 Å². The van der Waals surface area contributed by atoms with Gasteiger partial charge in [-0.05, 0) is 24.3 Å². The topological polar surface area (TPSA) is 39.2 Å². The van der Waals surface area contributed by atoms with E-state index in [2.05, 4.69) is 4.98 Å². The quantitative estimate of drug-likeness (QED) is 0.622. The number of carbonyl (C=O) groups excluding carboxylic acids is 1. The van der Waals surface area contributed by atoms with E-state index in [-0.39, 0.29) is 5.97 Å². The average molecular weight is 263 g/mol. The van der Waals surface area contributed by atoms with Gasteiger partial charge in [-0.2, -0.15) is 0 Å². The van der Waals surface area contributed by atoms with Crippen molar-refractivity contribution in [1.82, 2.24) is 4.98 Å². The van der Waals surface area contributed by atoms with Crippen LogP contribution in [0.4, 0.5) is 0 Å². The van der Waals surface area contributed by atoms with Gasteiger partial charge in [0.05, 0.1) is 5.56 Å². The highest BCUT2D eigenvalue weighted by Crippen LogP contribution is 2.30. The summed E-state index contributed by atoms with van der Waals surface area (Å²) in [5, 5.41) is 0.804. The van der Waals surface area contributed by atoms with E-state index >= 15 is 0 Å². The molecule has 0 atom stereocenters. The van der Waals surface area contributed by atoms with Gasteiger partial charge in [-0.25, -0.2) is 9.78 Å². The van der Waals surface area contributed by atoms with Gasteiger partial charge in [0.1, 0.15) is 16.1 Å². The molecule has 86 valence electrons. The smallest absolute Gasteiger partial charge is 0.350 e. The summed E-state index contributed by atoms with van der Waals surface area (Å²) >= 11 is 1.01. The second-order valence-electron chi connectivity index (χ2n) is 3.06. The van der Waals surface area contributed by atoms with Crippen molar-refractivity contribution in [2.75, 3.05) is 0 Å². The van der Waals surface area contributed by atoms with Crippen LogP contribution in [0.1, 0.15) is 10.4 Å². The van der Waals surface area contributed by atoms with Crippen molar-refractivity contribution in [2.24, 2.45) is 0 Å². The van der Waals surface area contributed by atoms with Crippen LogP contribution in [0.3, 0.4) is 0 Å². The van der Waals surface area contributed by atoms with Crippen molar-refractivity contribution in [2.45, 2.75) is 5.03 Å². The monoisotopic (exact) mass is 263 g/mol. The van der Waals surface area contributed by atoms with Gasteiger partial charge in [-0.3, -0.25) is 0 Å². The molecule has 0 radical (unpaired) electrons. The zero-order chi connectivity index (χ0) is 11.9. The largest absolute Gasteiger partial charge is 0.375 e. The normalized spacial score (nSPS) is 9.88. The number of benzene rings is 1. The lowest BCUT2D eigenvalue weighted by Crippen LogP contribution is -1.97. The van der Waals surface area contributed by atoms with E-state index in [0.717, 1.165) is 16.1 Å². The number of pyridine rings is 1. The Morgan fingerprint density at radius 3 is 2.53 bits per heavy atom. The van der Waals surface area contributed by atoms with Crippen molar-refractivity contribution in [3.05, 3.63) is 60.3 Å². The number of hydrogen-bond acceptors (Lipinski definition) is 5. The van der Waals surface area contributed by atoms with Crippen molar-refractivity contribution in [3.8, 4) is 0 Å². The third kappa shape index (κ3) is 3.80. The maximum Gasteiger partial charge on any atom is 0.350 e. The zero-order valence-corrected chi connectivity index (χ0v) is 10.4. The van der Waals surface area contributed by atoms with E-state index in [4.69, 9.17) is 4.18 Å². The molecule has 0 spiro atoms.